The molecular weight excluding hydrogens is 208 g/mol. The maximum atomic E-state index is 11.3. The van der Waals surface area contributed by atoms with E-state index in [4.69, 9.17) is 5.11 Å². The molecule has 0 unspecified atom stereocenters. The molecule has 0 aliphatic heterocycles. The van der Waals surface area contributed by atoms with E-state index in [1.165, 1.54) is 7.11 Å². The molecule has 4 nitrogen and oxygen atoms in total. The standard InChI is InChI=1S/C12H12O4/c1-16-12(15)10(8-11(13)14)7-9-5-3-2-4-6-9/h2-6,8H,7H2,1H3,(H,13,14). The van der Waals surface area contributed by atoms with Crippen LogP contribution in [0.25, 0.3) is 0 Å². The molecule has 0 saturated heterocycles. The zero-order chi connectivity index (χ0) is 12.0. The Morgan fingerprint density at radius 1 is 1.31 bits per heavy atom. The third kappa shape index (κ3) is 3.57. The van der Waals surface area contributed by atoms with Gasteiger partial charge in [0.1, 0.15) is 0 Å². The number of ether oxygens (including phenoxy) is 1. The van der Waals surface area contributed by atoms with Gasteiger partial charge in [-0.05, 0) is 5.56 Å². The van der Waals surface area contributed by atoms with E-state index < -0.39 is 11.9 Å². The number of esters is 1. The maximum absolute atomic E-state index is 11.3. The van der Waals surface area contributed by atoms with Crippen LogP contribution in [0.5, 0.6) is 0 Å². The van der Waals surface area contributed by atoms with Crippen LogP contribution in [0.3, 0.4) is 0 Å². The summed E-state index contributed by atoms with van der Waals surface area (Å²) in [6.45, 7) is 0. The first-order chi connectivity index (χ1) is 7.63. The lowest BCUT2D eigenvalue weighted by molar-refractivity contribution is -0.137. The quantitative estimate of drug-likeness (QED) is 0.615. The van der Waals surface area contributed by atoms with Gasteiger partial charge in [-0.25, -0.2) is 9.59 Å². The van der Waals surface area contributed by atoms with Crippen LogP contribution < -0.4 is 0 Å². The summed E-state index contributed by atoms with van der Waals surface area (Å²) in [5.74, 6) is -1.78. The van der Waals surface area contributed by atoms with Crippen molar-refractivity contribution in [3.8, 4) is 0 Å². The van der Waals surface area contributed by atoms with Crippen molar-refractivity contribution in [3.63, 3.8) is 0 Å². The van der Waals surface area contributed by atoms with Gasteiger partial charge in [-0.2, -0.15) is 0 Å². The van der Waals surface area contributed by atoms with Crippen molar-refractivity contribution < 1.29 is 19.4 Å². The number of carbonyl (C=O) groups is 2. The van der Waals surface area contributed by atoms with Crippen LogP contribution in [0, 0.1) is 0 Å². The molecule has 0 radical (unpaired) electrons. The van der Waals surface area contributed by atoms with Gasteiger partial charge >= 0.3 is 11.9 Å². The molecule has 0 bridgehead atoms. The molecule has 4 heteroatoms. The zero-order valence-electron chi connectivity index (χ0n) is 8.84. The predicted molar refractivity (Wildman–Crippen MR) is 57.9 cm³/mol. The Morgan fingerprint density at radius 2 is 1.94 bits per heavy atom. The molecule has 84 valence electrons. The highest BCUT2D eigenvalue weighted by atomic mass is 16.5. The summed E-state index contributed by atoms with van der Waals surface area (Å²) in [6.07, 6.45) is 1.12. The van der Waals surface area contributed by atoms with Crippen LogP contribution >= 0.6 is 0 Å². The predicted octanol–water partition coefficient (Wildman–Crippen LogP) is 1.41. The average molecular weight is 220 g/mol. The average Bonchev–Trinajstić information content (AvgIpc) is 2.28. The Morgan fingerprint density at radius 3 is 2.44 bits per heavy atom. The SMILES string of the molecule is COC(=O)C(=CC(=O)O)Cc1ccccc1. The van der Waals surface area contributed by atoms with Crippen molar-refractivity contribution in [3.05, 3.63) is 47.5 Å². The van der Waals surface area contributed by atoms with E-state index in [1.54, 1.807) is 0 Å². The molecule has 0 amide bonds. The summed E-state index contributed by atoms with van der Waals surface area (Å²) < 4.78 is 4.51. The number of benzene rings is 1. The zero-order valence-corrected chi connectivity index (χ0v) is 8.84. The number of carbonyl (C=O) groups excluding carboxylic acids is 1. The van der Waals surface area contributed by atoms with Crippen molar-refractivity contribution in [2.45, 2.75) is 6.42 Å². The largest absolute Gasteiger partial charge is 0.478 e. The van der Waals surface area contributed by atoms with Gasteiger partial charge < -0.3 is 9.84 Å². The molecule has 0 aliphatic carbocycles. The van der Waals surface area contributed by atoms with Gasteiger partial charge in [0.05, 0.1) is 7.11 Å². The number of hydrogen-bond donors (Lipinski definition) is 1. The fourth-order valence-corrected chi connectivity index (χ4v) is 1.28. The first-order valence-corrected chi connectivity index (χ1v) is 4.69. The number of aliphatic carboxylic acids is 1. The highest BCUT2D eigenvalue weighted by molar-refractivity contribution is 5.96. The second-order valence-corrected chi connectivity index (χ2v) is 3.16. The Kier molecular flexibility index (Phi) is 4.27. The van der Waals surface area contributed by atoms with E-state index in [2.05, 4.69) is 4.74 Å². The summed E-state index contributed by atoms with van der Waals surface area (Å²) in [4.78, 5) is 21.8. The molecule has 1 rings (SSSR count). The fourth-order valence-electron chi connectivity index (χ4n) is 1.28. The van der Waals surface area contributed by atoms with Crippen LogP contribution in [-0.4, -0.2) is 24.2 Å². The lowest BCUT2D eigenvalue weighted by Crippen LogP contribution is -2.09. The monoisotopic (exact) mass is 220 g/mol. The first kappa shape index (κ1) is 12.0. The number of hydrogen-bond acceptors (Lipinski definition) is 3. The number of carboxylic acids is 1. The lowest BCUT2D eigenvalue weighted by atomic mass is 10.1. The van der Waals surface area contributed by atoms with Gasteiger partial charge in [0, 0.05) is 18.1 Å². The molecule has 0 saturated carbocycles. The molecule has 16 heavy (non-hydrogen) atoms. The second kappa shape index (κ2) is 5.70. The highest BCUT2D eigenvalue weighted by Gasteiger charge is 2.11. The van der Waals surface area contributed by atoms with Crippen LogP contribution in [-0.2, 0) is 20.7 Å². The van der Waals surface area contributed by atoms with E-state index in [0.29, 0.717) is 0 Å². The molecule has 0 aliphatic rings. The van der Waals surface area contributed by atoms with Crippen LogP contribution in [0.1, 0.15) is 5.56 Å². The van der Waals surface area contributed by atoms with Gasteiger partial charge in [-0.3, -0.25) is 0 Å². The third-order valence-electron chi connectivity index (χ3n) is 1.98. The third-order valence-corrected chi connectivity index (χ3v) is 1.98. The van der Waals surface area contributed by atoms with E-state index in [-0.39, 0.29) is 12.0 Å². The van der Waals surface area contributed by atoms with Crippen LogP contribution in [0.15, 0.2) is 42.0 Å². The maximum Gasteiger partial charge on any atom is 0.334 e. The van der Waals surface area contributed by atoms with Gasteiger partial charge in [0.25, 0.3) is 0 Å². The number of rotatable bonds is 4. The minimum Gasteiger partial charge on any atom is -0.478 e. The van der Waals surface area contributed by atoms with E-state index >= 15 is 0 Å². The topological polar surface area (TPSA) is 63.6 Å². The summed E-state index contributed by atoms with van der Waals surface area (Å²) in [6, 6.07) is 9.13. The smallest absolute Gasteiger partial charge is 0.334 e. The van der Waals surface area contributed by atoms with Crippen molar-refractivity contribution >= 4 is 11.9 Å². The molecule has 0 spiro atoms. The molecular formula is C12H12O4. The molecule has 0 atom stereocenters. The minimum absolute atomic E-state index is 0.126. The molecule has 1 aromatic carbocycles. The lowest BCUT2D eigenvalue weighted by Gasteiger charge is -2.04. The Hall–Kier alpha value is -2.10. The normalized spacial score (nSPS) is 10.9. The Bertz CT molecular complexity index is 406. The highest BCUT2D eigenvalue weighted by Crippen LogP contribution is 2.09. The van der Waals surface area contributed by atoms with Crippen LogP contribution in [0.4, 0.5) is 0 Å². The number of carboxylic acid groups (broad SMARTS) is 1. The van der Waals surface area contributed by atoms with Gasteiger partial charge in [0.15, 0.2) is 0 Å². The summed E-state index contributed by atoms with van der Waals surface area (Å²) in [7, 11) is 1.23. The van der Waals surface area contributed by atoms with Crippen molar-refractivity contribution in [2.75, 3.05) is 7.11 Å². The first-order valence-electron chi connectivity index (χ1n) is 4.69. The van der Waals surface area contributed by atoms with E-state index in [0.717, 1.165) is 11.6 Å². The van der Waals surface area contributed by atoms with E-state index in [9.17, 15) is 9.59 Å². The molecule has 0 heterocycles. The van der Waals surface area contributed by atoms with Gasteiger partial charge in [0.2, 0.25) is 0 Å². The van der Waals surface area contributed by atoms with Crippen molar-refractivity contribution in [1.82, 2.24) is 0 Å². The van der Waals surface area contributed by atoms with Gasteiger partial charge in [-0.15, -0.1) is 0 Å². The second-order valence-electron chi connectivity index (χ2n) is 3.16. The Labute approximate surface area is 93.2 Å². The molecule has 1 aromatic rings. The molecule has 1 N–H and O–H groups in total. The van der Waals surface area contributed by atoms with Crippen LogP contribution in [0.2, 0.25) is 0 Å². The van der Waals surface area contributed by atoms with E-state index in [1.807, 2.05) is 30.3 Å². The molecule has 0 fully saturated rings. The summed E-state index contributed by atoms with van der Waals surface area (Å²) >= 11 is 0. The number of methoxy groups -OCH3 is 1. The van der Waals surface area contributed by atoms with Gasteiger partial charge in [-0.1, -0.05) is 30.3 Å². The van der Waals surface area contributed by atoms with Crippen molar-refractivity contribution in [1.29, 1.82) is 0 Å². The Balaban J connectivity index is 2.88. The summed E-state index contributed by atoms with van der Waals surface area (Å²) in [5, 5.41) is 8.62. The van der Waals surface area contributed by atoms with Crippen molar-refractivity contribution in [2.24, 2.45) is 0 Å². The molecule has 0 aromatic heterocycles. The minimum atomic E-state index is -1.16. The summed E-state index contributed by atoms with van der Waals surface area (Å²) in [5.41, 5.74) is 0.988. The fraction of sp³-hybridized carbons (Fsp3) is 0.167.